The molecule has 0 amide bonds. The second kappa shape index (κ2) is 3.97. The minimum Gasteiger partial charge on any atom is -0.322 e. The highest BCUT2D eigenvalue weighted by Gasteiger charge is 2.33. The lowest BCUT2D eigenvalue weighted by Gasteiger charge is -2.36. The Balaban J connectivity index is 2.08. The predicted molar refractivity (Wildman–Crippen MR) is 64.6 cm³/mol. The first-order valence-electron chi connectivity index (χ1n) is 5.97. The maximum Gasteiger partial charge on any atom is 0.111 e. The number of benzene rings is 1. The molecule has 1 aliphatic rings. The highest BCUT2D eigenvalue weighted by molar-refractivity contribution is 5.16. The summed E-state index contributed by atoms with van der Waals surface area (Å²) in [5.41, 5.74) is 1.46. The topological polar surface area (TPSA) is 0 Å². The van der Waals surface area contributed by atoms with Gasteiger partial charge in [0.15, 0.2) is 0 Å². The van der Waals surface area contributed by atoms with Gasteiger partial charge in [-0.2, -0.15) is 0 Å². The fraction of sp³-hybridized carbons (Fsp3) is 0.571. The van der Waals surface area contributed by atoms with E-state index in [-0.39, 0.29) is 0 Å². The monoisotopic (exact) mass is 204 g/mol. The highest BCUT2D eigenvalue weighted by atomic mass is 15.3. The Bertz CT molecular complexity index is 311. The fourth-order valence-electron chi connectivity index (χ4n) is 2.26. The molecule has 1 saturated carbocycles. The number of nitrogens with zero attached hydrogens (tertiary/aromatic N) is 1. The van der Waals surface area contributed by atoms with Gasteiger partial charge in [0.2, 0.25) is 0 Å². The minimum absolute atomic E-state index is 0.604. The van der Waals surface area contributed by atoms with E-state index in [1.807, 2.05) is 0 Å². The lowest BCUT2D eigenvalue weighted by molar-refractivity contribution is -0.920. The Labute approximate surface area is 93.3 Å². The van der Waals surface area contributed by atoms with Crippen LogP contribution in [0.25, 0.3) is 0 Å². The number of quaternary nitrogens is 1. The molecule has 1 fully saturated rings. The van der Waals surface area contributed by atoms with Crippen molar-refractivity contribution in [3.63, 3.8) is 0 Å². The standard InChI is InChI=1S/C14H22N/c1-12(14-7-5-4-6-8-14)15(2,3)11-13-9-10-13/h4-8,12-13H,9-11H2,1-3H3/q+1. The molecule has 0 N–H and O–H groups in total. The average molecular weight is 204 g/mol. The summed E-state index contributed by atoms with van der Waals surface area (Å²) in [6, 6.07) is 11.5. The summed E-state index contributed by atoms with van der Waals surface area (Å²) in [6.07, 6.45) is 2.90. The van der Waals surface area contributed by atoms with Crippen molar-refractivity contribution in [2.24, 2.45) is 5.92 Å². The molecule has 1 aromatic carbocycles. The SMILES string of the molecule is CC(c1ccccc1)[N+](C)(C)CC1CC1. The van der Waals surface area contributed by atoms with E-state index < -0.39 is 0 Å². The largest absolute Gasteiger partial charge is 0.322 e. The Morgan fingerprint density at radius 1 is 1.20 bits per heavy atom. The van der Waals surface area contributed by atoms with Gasteiger partial charge in [0.1, 0.15) is 6.04 Å². The van der Waals surface area contributed by atoms with Gasteiger partial charge >= 0.3 is 0 Å². The summed E-state index contributed by atoms with van der Waals surface area (Å²) < 4.78 is 1.12. The maximum atomic E-state index is 2.36. The third-order valence-corrected chi connectivity index (χ3v) is 3.76. The Morgan fingerprint density at radius 2 is 1.80 bits per heavy atom. The quantitative estimate of drug-likeness (QED) is 0.661. The molecule has 1 aromatic rings. The molecule has 2 rings (SSSR count). The normalized spacial score (nSPS) is 18.9. The van der Waals surface area contributed by atoms with Crippen molar-refractivity contribution in [2.75, 3.05) is 20.6 Å². The first kappa shape index (κ1) is 10.7. The maximum absolute atomic E-state index is 2.36. The predicted octanol–water partition coefficient (Wildman–Crippen LogP) is 3.23. The molecular formula is C14H22N+. The molecule has 15 heavy (non-hydrogen) atoms. The van der Waals surface area contributed by atoms with E-state index in [4.69, 9.17) is 0 Å². The minimum atomic E-state index is 0.604. The summed E-state index contributed by atoms with van der Waals surface area (Å²) in [4.78, 5) is 0. The van der Waals surface area contributed by atoms with Crippen LogP contribution in [0.3, 0.4) is 0 Å². The molecule has 0 spiro atoms. The van der Waals surface area contributed by atoms with E-state index in [0.717, 1.165) is 10.4 Å². The molecule has 0 heterocycles. The van der Waals surface area contributed by atoms with Crippen molar-refractivity contribution in [1.82, 2.24) is 0 Å². The molecule has 0 radical (unpaired) electrons. The van der Waals surface area contributed by atoms with Crippen LogP contribution in [0, 0.1) is 5.92 Å². The van der Waals surface area contributed by atoms with Crippen LogP contribution in [0.2, 0.25) is 0 Å². The summed E-state index contributed by atoms with van der Waals surface area (Å²) >= 11 is 0. The van der Waals surface area contributed by atoms with Gasteiger partial charge in [-0.3, -0.25) is 0 Å². The molecule has 1 heteroatoms. The van der Waals surface area contributed by atoms with E-state index in [1.54, 1.807) is 0 Å². The van der Waals surface area contributed by atoms with Crippen molar-refractivity contribution in [1.29, 1.82) is 0 Å². The highest BCUT2D eigenvalue weighted by Crippen LogP contribution is 2.35. The smallest absolute Gasteiger partial charge is 0.111 e. The van der Waals surface area contributed by atoms with Crippen LogP contribution in [0.4, 0.5) is 0 Å². The molecule has 1 nitrogen and oxygen atoms in total. The molecule has 0 bridgehead atoms. The fourth-order valence-corrected chi connectivity index (χ4v) is 2.26. The third-order valence-electron chi connectivity index (χ3n) is 3.76. The molecule has 1 unspecified atom stereocenters. The van der Waals surface area contributed by atoms with Gasteiger partial charge in [-0.1, -0.05) is 30.3 Å². The van der Waals surface area contributed by atoms with E-state index >= 15 is 0 Å². The molecule has 82 valence electrons. The first-order chi connectivity index (χ1) is 7.09. The summed E-state index contributed by atoms with van der Waals surface area (Å²) in [7, 11) is 4.71. The van der Waals surface area contributed by atoms with Crippen LogP contribution in [0.1, 0.15) is 31.4 Å². The van der Waals surface area contributed by atoms with E-state index in [0.29, 0.717) is 6.04 Å². The Hall–Kier alpha value is -0.820. The molecule has 0 saturated heterocycles. The van der Waals surface area contributed by atoms with Gasteiger partial charge in [0.25, 0.3) is 0 Å². The van der Waals surface area contributed by atoms with Gasteiger partial charge in [-0.25, -0.2) is 0 Å². The molecule has 1 atom stereocenters. The number of hydrogen-bond acceptors (Lipinski definition) is 0. The van der Waals surface area contributed by atoms with Crippen LogP contribution in [-0.4, -0.2) is 25.1 Å². The van der Waals surface area contributed by atoms with E-state index in [1.165, 1.54) is 24.9 Å². The molecule has 0 aromatic heterocycles. The Morgan fingerprint density at radius 3 is 2.33 bits per heavy atom. The van der Waals surface area contributed by atoms with Crippen LogP contribution in [0.15, 0.2) is 30.3 Å². The zero-order valence-electron chi connectivity index (χ0n) is 10.1. The molecule has 0 aliphatic heterocycles. The zero-order valence-corrected chi connectivity index (χ0v) is 10.1. The summed E-state index contributed by atoms with van der Waals surface area (Å²) in [6.45, 7) is 3.67. The lowest BCUT2D eigenvalue weighted by atomic mass is 10.1. The van der Waals surface area contributed by atoms with Crippen molar-refractivity contribution < 1.29 is 4.48 Å². The van der Waals surface area contributed by atoms with Crippen molar-refractivity contribution in [3.8, 4) is 0 Å². The number of hydrogen-bond donors (Lipinski definition) is 0. The summed E-state index contributed by atoms with van der Waals surface area (Å²) in [5.74, 6) is 0.992. The molecule has 1 aliphatic carbocycles. The zero-order chi connectivity index (χ0) is 10.9. The van der Waals surface area contributed by atoms with Gasteiger partial charge in [0, 0.05) is 11.5 Å². The van der Waals surface area contributed by atoms with Gasteiger partial charge in [-0.05, 0) is 19.8 Å². The second-order valence-electron chi connectivity index (χ2n) is 5.49. The summed E-state index contributed by atoms with van der Waals surface area (Å²) in [5, 5.41) is 0. The van der Waals surface area contributed by atoms with Crippen LogP contribution >= 0.6 is 0 Å². The number of rotatable bonds is 4. The van der Waals surface area contributed by atoms with Crippen molar-refractivity contribution in [2.45, 2.75) is 25.8 Å². The van der Waals surface area contributed by atoms with Crippen molar-refractivity contribution in [3.05, 3.63) is 35.9 Å². The first-order valence-corrected chi connectivity index (χ1v) is 5.97. The van der Waals surface area contributed by atoms with Gasteiger partial charge < -0.3 is 4.48 Å². The third kappa shape index (κ3) is 2.60. The lowest BCUT2D eigenvalue weighted by Crippen LogP contribution is -2.43. The molecular weight excluding hydrogens is 182 g/mol. The van der Waals surface area contributed by atoms with Gasteiger partial charge in [0.05, 0.1) is 20.6 Å². The van der Waals surface area contributed by atoms with Crippen molar-refractivity contribution >= 4 is 0 Å². The average Bonchev–Trinajstić information content (AvgIpc) is 3.01. The van der Waals surface area contributed by atoms with Crippen LogP contribution < -0.4 is 0 Å². The van der Waals surface area contributed by atoms with E-state index in [2.05, 4.69) is 51.4 Å². The van der Waals surface area contributed by atoms with Crippen LogP contribution in [0.5, 0.6) is 0 Å². The van der Waals surface area contributed by atoms with E-state index in [9.17, 15) is 0 Å². The van der Waals surface area contributed by atoms with Crippen LogP contribution in [-0.2, 0) is 0 Å². The van der Waals surface area contributed by atoms with Gasteiger partial charge in [-0.15, -0.1) is 0 Å². The Kier molecular flexibility index (Phi) is 2.83. The second-order valence-corrected chi connectivity index (χ2v) is 5.49.